The fraction of sp³-hybridized carbons (Fsp3) is 0.273. The van der Waals surface area contributed by atoms with Crippen LogP contribution in [0.25, 0.3) is 5.13 Å². The molecule has 0 aromatic carbocycles. The van der Waals surface area contributed by atoms with Crippen molar-refractivity contribution >= 4 is 17.3 Å². The molecule has 0 aliphatic heterocycles. The highest BCUT2D eigenvalue weighted by atomic mass is 32.1. The molecule has 0 amide bonds. The van der Waals surface area contributed by atoms with Gasteiger partial charge in [-0.25, -0.2) is 9.78 Å². The number of aromatic nitrogens is 2. The molecular formula is C11H12N2O2S. The molecule has 0 spiro atoms. The highest BCUT2D eigenvalue weighted by Crippen LogP contribution is 2.22. The fourth-order valence-electron chi connectivity index (χ4n) is 1.70. The Labute approximate surface area is 97.5 Å². The van der Waals surface area contributed by atoms with Gasteiger partial charge < -0.3 is 4.74 Å². The van der Waals surface area contributed by atoms with Crippen LogP contribution in [0.2, 0.25) is 0 Å². The van der Waals surface area contributed by atoms with Crippen molar-refractivity contribution in [2.24, 2.45) is 0 Å². The first kappa shape index (κ1) is 10.9. The Bertz CT molecular complexity index is 514. The van der Waals surface area contributed by atoms with E-state index in [-0.39, 0.29) is 5.97 Å². The van der Waals surface area contributed by atoms with Crippen molar-refractivity contribution in [2.75, 3.05) is 7.11 Å². The molecule has 2 aromatic rings. The highest BCUT2D eigenvalue weighted by Gasteiger charge is 2.17. The van der Waals surface area contributed by atoms with Gasteiger partial charge in [-0.1, -0.05) is 0 Å². The maximum Gasteiger partial charge on any atom is 0.339 e. The zero-order chi connectivity index (χ0) is 11.7. The molecule has 0 fully saturated rings. The summed E-state index contributed by atoms with van der Waals surface area (Å²) in [5.41, 5.74) is 2.43. The van der Waals surface area contributed by atoms with Crippen LogP contribution in [0.3, 0.4) is 0 Å². The van der Waals surface area contributed by atoms with Crippen LogP contribution >= 0.6 is 11.3 Å². The minimum atomic E-state index is -0.309. The molecule has 0 aliphatic carbocycles. The van der Waals surface area contributed by atoms with Gasteiger partial charge in [0.25, 0.3) is 0 Å². The molecule has 84 valence electrons. The van der Waals surface area contributed by atoms with E-state index in [1.54, 1.807) is 6.20 Å². The van der Waals surface area contributed by atoms with E-state index in [0.29, 0.717) is 5.56 Å². The minimum absolute atomic E-state index is 0.309. The number of hydrogen-bond donors (Lipinski definition) is 0. The Morgan fingerprint density at radius 1 is 1.50 bits per heavy atom. The molecule has 0 radical (unpaired) electrons. The number of methoxy groups -OCH3 is 1. The Kier molecular flexibility index (Phi) is 2.78. The van der Waals surface area contributed by atoms with E-state index in [1.807, 2.05) is 29.9 Å². The second-order valence-electron chi connectivity index (χ2n) is 3.43. The Balaban J connectivity index is 2.56. The highest BCUT2D eigenvalue weighted by molar-refractivity contribution is 7.12. The van der Waals surface area contributed by atoms with Crippen LogP contribution in [0.15, 0.2) is 17.6 Å². The quantitative estimate of drug-likeness (QED) is 0.752. The van der Waals surface area contributed by atoms with Crippen molar-refractivity contribution in [2.45, 2.75) is 13.8 Å². The fourth-order valence-corrected chi connectivity index (χ4v) is 2.45. The molecule has 2 aromatic heterocycles. The maximum absolute atomic E-state index is 11.5. The van der Waals surface area contributed by atoms with Crippen LogP contribution in [0.1, 0.15) is 21.7 Å². The van der Waals surface area contributed by atoms with Crippen molar-refractivity contribution < 1.29 is 9.53 Å². The van der Waals surface area contributed by atoms with E-state index in [9.17, 15) is 4.79 Å². The van der Waals surface area contributed by atoms with Crippen molar-refractivity contribution in [3.05, 3.63) is 34.6 Å². The third kappa shape index (κ3) is 1.63. The zero-order valence-electron chi connectivity index (χ0n) is 9.35. The number of thiazole rings is 1. The summed E-state index contributed by atoms with van der Waals surface area (Å²) < 4.78 is 6.69. The van der Waals surface area contributed by atoms with Gasteiger partial charge in [0, 0.05) is 23.0 Å². The van der Waals surface area contributed by atoms with Crippen LogP contribution in [-0.2, 0) is 4.74 Å². The van der Waals surface area contributed by atoms with Gasteiger partial charge in [0.1, 0.15) is 0 Å². The third-order valence-corrected chi connectivity index (χ3v) is 3.20. The van der Waals surface area contributed by atoms with Crippen LogP contribution in [0, 0.1) is 13.8 Å². The lowest BCUT2D eigenvalue weighted by molar-refractivity contribution is 0.0600. The maximum atomic E-state index is 11.5. The molecule has 16 heavy (non-hydrogen) atoms. The number of ether oxygens (including phenoxy) is 1. The first-order chi connectivity index (χ1) is 7.65. The molecule has 0 aliphatic rings. The number of rotatable bonds is 2. The molecule has 4 nitrogen and oxygen atoms in total. The van der Waals surface area contributed by atoms with Crippen molar-refractivity contribution in [3.63, 3.8) is 0 Å². The predicted molar refractivity (Wildman–Crippen MR) is 62.3 cm³/mol. The molecule has 2 rings (SSSR count). The van der Waals surface area contributed by atoms with E-state index in [0.717, 1.165) is 16.5 Å². The van der Waals surface area contributed by atoms with Crippen LogP contribution in [0.4, 0.5) is 0 Å². The average molecular weight is 236 g/mol. The van der Waals surface area contributed by atoms with E-state index in [4.69, 9.17) is 4.74 Å². The number of esters is 1. The largest absolute Gasteiger partial charge is 0.465 e. The Morgan fingerprint density at radius 2 is 2.25 bits per heavy atom. The number of carbonyl (C=O) groups is 1. The van der Waals surface area contributed by atoms with Crippen LogP contribution < -0.4 is 0 Å². The van der Waals surface area contributed by atoms with Gasteiger partial charge in [0.2, 0.25) is 0 Å². The predicted octanol–water partition coefficient (Wildman–Crippen LogP) is 2.34. The van der Waals surface area contributed by atoms with E-state index >= 15 is 0 Å². The SMILES string of the molecule is COC(=O)c1cc(C)n(-c2nccs2)c1C. The Hall–Kier alpha value is -1.62. The topological polar surface area (TPSA) is 44.1 Å². The van der Waals surface area contributed by atoms with Crippen molar-refractivity contribution in [1.29, 1.82) is 0 Å². The minimum Gasteiger partial charge on any atom is -0.465 e. The molecule has 0 saturated heterocycles. The summed E-state index contributed by atoms with van der Waals surface area (Å²) in [5.74, 6) is -0.309. The molecule has 0 bridgehead atoms. The first-order valence-electron chi connectivity index (χ1n) is 4.82. The van der Waals surface area contributed by atoms with Crippen molar-refractivity contribution in [1.82, 2.24) is 9.55 Å². The van der Waals surface area contributed by atoms with E-state index in [1.165, 1.54) is 18.4 Å². The molecule has 0 unspecified atom stereocenters. The van der Waals surface area contributed by atoms with Gasteiger partial charge in [-0.3, -0.25) is 4.57 Å². The monoisotopic (exact) mass is 236 g/mol. The first-order valence-corrected chi connectivity index (χ1v) is 5.70. The number of aryl methyl sites for hydroxylation is 1. The number of nitrogens with zero attached hydrogens (tertiary/aromatic N) is 2. The number of hydrogen-bond acceptors (Lipinski definition) is 4. The van der Waals surface area contributed by atoms with Crippen molar-refractivity contribution in [3.8, 4) is 5.13 Å². The lowest BCUT2D eigenvalue weighted by atomic mass is 10.2. The summed E-state index contributed by atoms with van der Waals surface area (Å²) in [6, 6.07) is 1.82. The summed E-state index contributed by atoms with van der Waals surface area (Å²) >= 11 is 1.54. The normalized spacial score (nSPS) is 10.4. The zero-order valence-corrected chi connectivity index (χ0v) is 10.2. The van der Waals surface area contributed by atoms with E-state index < -0.39 is 0 Å². The van der Waals surface area contributed by atoms with Gasteiger partial charge in [-0.15, -0.1) is 11.3 Å². The Morgan fingerprint density at radius 3 is 2.81 bits per heavy atom. The van der Waals surface area contributed by atoms with Crippen LogP contribution in [0.5, 0.6) is 0 Å². The van der Waals surface area contributed by atoms with Gasteiger partial charge in [-0.2, -0.15) is 0 Å². The molecular weight excluding hydrogens is 224 g/mol. The summed E-state index contributed by atoms with van der Waals surface area (Å²) in [5, 5.41) is 2.77. The smallest absolute Gasteiger partial charge is 0.339 e. The molecule has 0 saturated carbocycles. The summed E-state index contributed by atoms with van der Waals surface area (Å²) in [6.45, 7) is 3.83. The van der Waals surface area contributed by atoms with Gasteiger partial charge in [-0.05, 0) is 19.9 Å². The van der Waals surface area contributed by atoms with Gasteiger partial charge in [0.05, 0.1) is 12.7 Å². The molecule has 5 heteroatoms. The lowest BCUT2D eigenvalue weighted by Gasteiger charge is -2.04. The van der Waals surface area contributed by atoms with Gasteiger partial charge in [0.15, 0.2) is 5.13 Å². The van der Waals surface area contributed by atoms with Gasteiger partial charge >= 0.3 is 5.97 Å². The number of carbonyl (C=O) groups excluding carboxylic acids is 1. The third-order valence-electron chi connectivity index (χ3n) is 2.45. The molecule has 2 heterocycles. The standard InChI is InChI=1S/C11H12N2O2S/c1-7-6-9(10(14)15-3)8(2)13(7)11-12-4-5-16-11/h4-6H,1-3H3. The van der Waals surface area contributed by atoms with Crippen LogP contribution in [-0.4, -0.2) is 22.6 Å². The van der Waals surface area contributed by atoms with E-state index in [2.05, 4.69) is 4.98 Å². The second kappa shape index (κ2) is 4.09. The average Bonchev–Trinajstić information content (AvgIpc) is 2.86. The second-order valence-corrected chi connectivity index (χ2v) is 4.30. The molecule has 0 N–H and O–H groups in total. The summed E-state index contributed by atoms with van der Waals surface area (Å²) in [7, 11) is 1.39. The summed E-state index contributed by atoms with van der Waals surface area (Å²) in [6.07, 6.45) is 1.75. The lowest BCUT2D eigenvalue weighted by Crippen LogP contribution is -2.04. The summed E-state index contributed by atoms with van der Waals surface area (Å²) in [4.78, 5) is 15.8. The molecule has 0 atom stereocenters.